The first kappa shape index (κ1) is 14.9. The zero-order valence-electron chi connectivity index (χ0n) is 9.86. The molecule has 1 aliphatic heterocycles. The molecule has 1 N–H and O–H groups in total. The van der Waals surface area contributed by atoms with E-state index in [0.29, 0.717) is 18.1 Å². The average molecular weight is 339 g/mol. The molecule has 18 heavy (non-hydrogen) atoms. The smallest absolute Gasteiger partial charge is 0.407 e. The van der Waals surface area contributed by atoms with Crippen LogP contribution < -0.4 is 14.8 Å². The van der Waals surface area contributed by atoms with Crippen LogP contribution in [0.1, 0.15) is 11.6 Å². The van der Waals surface area contributed by atoms with Crippen LogP contribution in [0.4, 0.5) is 4.79 Å². The van der Waals surface area contributed by atoms with Crippen molar-refractivity contribution in [2.24, 2.45) is 0 Å². The van der Waals surface area contributed by atoms with Gasteiger partial charge in [0.15, 0.2) is 0 Å². The number of carbonyl (C=O) groups excluding carboxylic acids is 1. The van der Waals surface area contributed by atoms with Gasteiger partial charge in [-0.2, -0.15) is 0 Å². The van der Waals surface area contributed by atoms with Crippen LogP contribution in [0.15, 0.2) is 16.6 Å². The average Bonchev–Trinajstić information content (AvgIpc) is 2.76. The lowest BCUT2D eigenvalue weighted by Crippen LogP contribution is -2.18. The quantitative estimate of drug-likeness (QED) is 0.920. The molecule has 0 aromatic heterocycles. The second-order valence-electron chi connectivity index (χ2n) is 3.53. The number of hydrogen-bond donors (Lipinski definition) is 1. The van der Waals surface area contributed by atoms with Gasteiger partial charge < -0.3 is 19.5 Å². The summed E-state index contributed by atoms with van der Waals surface area (Å²) in [6, 6.07) is 3.51. The summed E-state index contributed by atoms with van der Waals surface area (Å²) < 4.78 is 16.1. The van der Waals surface area contributed by atoms with E-state index in [4.69, 9.17) is 14.2 Å². The lowest BCUT2D eigenvalue weighted by molar-refractivity contribution is 0.177. The van der Waals surface area contributed by atoms with Crippen LogP contribution >= 0.6 is 28.3 Å². The Bertz CT molecular complexity index is 430. The molecule has 0 aliphatic carbocycles. The highest BCUT2D eigenvalue weighted by Gasteiger charge is 2.25. The first-order chi connectivity index (χ1) is 8.15. The van der Waals surface area contributed by atoms with E-state index < -0.39 is 6.09 Å². The molecule has 2 rings (SSSR count). The van der Waals surface area contributed by atoms with Crippen LogP contribution in [-0.2, 0) is 4.74 Å². The van der Waals surface area contributed by atoms with Crippen molar-refractivity contribution in [3.05, 3.63) is 22.2 Å². The number of hydrogen-bond acceptors (Lipinski definition) is 4. The third kappa shape index (κ3) is 2.81. The minimum Gasteiger partial charge on any atom is -0.495 e. The number of benzene rings is 1. The Morgan fingerprint density at radius 3 is 2.28 bits per heavy atom. The van der Waals surface area contributed by atoms with Gasteiger partial charge in [-0.25, -0.2) is 4.79 Å². The topological polar surface area (TPSA) is 56.8 Å². The van der Waals surface area contributed by atoms with Gasteiger partial charge in [-0.15, -0.1) is 12.4 Å². The van der Waals surface area contributed by atoms with Crippen molar-refractivity contribution >= 4 is 34.4 Å². The van der Waals surface area contributed by atoms with Crippen LogP contribution in [0.3, 0.4) is 0 Å². The van der Waals surface area contributed by atoms with Crippen molar-refractivity contribution in [1.29, 1.82) is 0 Å². The van der Waals surface area contributed by atoms with Gasteiger partial charge in [0, 0.05) is 0 Å². The highest BCUT2D eigenvalue weighted by atomic mass is 79.9. The van der Waals surface area contributed by atoms with Gasteiger partial charge in [-0.1, -0.05) is 0 Å². The van der Waals surface area contributed by atoms with E-state index in [-0.39, 0.29) is 18.4 Å². The van der Waals surface area contributed by atoms with Crippen LogP contribution in [0.2, 0.25) is 0 Å². The molecule has 0 radical (unpaired) electrons. The lowest BCUT2D eigenvalue weighted by Gasteiger charge is -2.14. The van der Waals surface area contributed by atoms with Gasteiger partial charge in [0.1, 0.15) is 22.6 Å². The monoisotopic (exact) mass is 337 g/mol. The molecule has 0 bridgehead atoms. The fraction of sp³-hybridized carbons (Fsp3) is 0.364. The Kier molecular flexibility index (Phi) is 5.10. The predicted octanol–water partition coefficient (Wildman–Crippen LogP) is 2.67. The molecule has 1 aromatic rings. The van der Waals surface area contributed by atoms with Crippen molar-refractivity contribution in [2.75, 3.05) is 20.8 Å². The Hall–Kier alpha value is -1.14. The van der Waals surface area contributed by atoms with Crippen molar-refractivity contribution in [2.45, 2.75) is 6.04 Å². The number of cyclic esters (lactones) is 1. The van der Waals surface area contributed by atoms with E-state index in [1.54, 1.807) is 14.2 Å². The second kappa shape index (κ2) is 6.15. The van der Waals surface area contributed by atoms with Crippen LogP contribution in [0.25, 0.3) is 0 Å². The summed E-state index contributed by atoms with van der Waals surface area (Å²) >= 11 is 3.39. The first-order valence-electron chi connectivity index (χ1n) is 5.00. The van der Waals surface area contributed by atoms with E-state index in [1.165, 1.54) is 0 Å². The number of amides is 1. The summed E-state index contributed by atoms with van der Waals surface area (Å²) in [4.78, 5) is 11.0. The fourth-order valence-electron chi connectivity index (χ4n) is 1.65. The molecular formula is C11H13BrClNO4. The van der Waals surface area contributed by atoms with Gasteiger partial charge in [0.2, 0.25) is 0 Å². The summed E-state index contributed by atoms with van der Waals surface area (Å²) in [7, 11) is 3.15. The van der Waals surface area contributed by atoms with E-state index in [0.717, 1.165) is 10.0 Å². The van der Waals surface area contributed by atoms with Crippen molar-refractivity contribution in [1.82, 2.24) is 5.32 Å². The molecule has 100 valence electrons. The van der Waals surface area contributed by atoms with E-state index in [1.807, 2.05) is 12.1 Å². The molecular weight excluding hydrogens is 325 g/mol. The summed E-state index contributed by atoms with van der Waals surface area (Å²) in [5.74, 6) is 1.31. The number of alkyl carbamates (subject to hydrolysis) is 1. The van der Waals surface area contributed by atoms with E-state index in [9.17, 15) is 4.79 Å². The number of rotatable bonds is 3. The van der Waals surface area contributed by atoms with Gasteiger partial charge >= 0.3 is 6.09 Å². The lowest BCUT2D eigenvalue weighted by atomic mass is 10.1. The van der Waals surface area contributed by atoms with Crippen LogP contribution in [0.5, 0.6) is 11.5 Å². The van der Waals surface area contributed by atoms with Crippen molar-refractivity contribution in [3.63, 3.8) is 0 Å². The maximum atomic E-state index is 11.0. The van der Waals surface area contributed by atoms with Crippen molar-refractivity contribution < 1.29 is 19.0 Å². The SMILES string of the molecule is COc1cc([C@@H]2COC(=O)N2)cc(OC)c1Br.Cl. The molecule has 1 aliphatic rings. The molecule has 5 nitrogen and oxygen atoms in total. The molecule has 1 atom stereocenters. The molecule has 7 heteroatoms. The number of carbonyl (C=O) groups is 1. The number of halogens is 2. The van der Waals surface area contributed by atoms with E-state index in [2.05, 4.69) is 21.2 Å². The summed E-state index contributed by atoms with van der Waals surface area (Å²) in [6.45, 7) is 0.312. The number of ether oxygens (including phenoxy) is 3. The van der Waals surface area contributed by atoms with Gasteiger partial charge in [-0.3, -0.25) is 0 Å². The maximum Gasteiger partial charge on any atom is 0.407 e. The third-order valence-corrected chi connectivity index (χ3v) is 3.33. The Balaban J connectivity index is 0.00000162. The third-order valence-electron chi connectivity index (χ3n) is 2.54. The highest BCUT2D eigenvalue weighted by Crippen LogP contribution is 2.37. The highest BCUT2D eigenvalue weighted by molar-refractivity contribution is 9.10. The molecule has 1 aromatic carbocycles. The zero-order valence-corrected chi connectivity index (χ0v) is 12.3. The van der Waals surface area contributed by atoms with Gasteiger partial charge in [-0.05, 0) is 33.6 Å². The predicted molar refractivity (Wildman–Crippen MR) is 71.7 cm³/mol. The second-order valence-corrected chi connectivity index (χ2v) is 4.33. The Morgan fingerprint density at radius 1 is 1.33 bits per heavy atom. The Labute approximate surface area is 119 Å². The molecule has 1 saturated heterocycles. The zero-order chi connectivity index (χ0) is 12.4. The fourth-order valence-corrected chi connectivity index (χ4v) is 2.21. The molecule has 1 fully saturated rings. The maximum absolute atomic E-state index is 11.0. The standard InChI is InChI=1S/C11H12BrNO4.ClH/c1-15-8-3-6(4-9(16-2)10(8)12)7-5-17-11(14)13-7;/h3-4,7H,5H2,1-2H3,(H,13,14);1H/t7-;/m0./s1. The molecule has 0 unspecified atom stereocenters. The molecule has 0 spiro atoms. The minimum absolute atomic E-state index is 0. The summed E-state index contributed by atoms with van der Waals surface area (Å²) in [6.07, 6.45) is -0.407. The van der Waals surface area contributed by atoms with Crippen LogP contribution in [0, 0.1) is 0 Å². The largest absolute Gasteiger partial charge is 0.495 e. The number of methoxy groups -OCH3 is 2. The Morgan fingerprint density at radius 2 is 1.89 bits per heavy atom. The molecule has 1 amide bonds. The first-order valence-corrected chi connectivity index (χ1v) is 5.79. The van der Waals surface area contributed by atoms with E-state index >= 15 is 0 Å². The normalized spacial score (nSPS) is 17.5. The van der Waals surface area contributed by atoms with Crippen LogP contribution in [-0.4, -0.2) is 26.9 Å². The summed E-state index contributed by atoms with van der Waals surface area (Å²) in [5.41, 5.74) is 0.882. The number of nitrogens with one attached hydrogen (secondary N) is 1. The minimum atomic E-state index is -0.407. The summed E-state index contributed by atoms with van der Waals surface area (Å²) in [5, 5.41) is 2.70. The molecule has 1 heterocycles. The van der Waals surface area contributed by atoms with Gasteiger partial charge in [0.05, 0.1) is 20.3 Å². The van der Waals surface area contributed by atoms with Crippen molar-refractivity contribution in [3.8, 4) is 11.5 Å². The molecule has 0 saturated carbocycles. The van der Waals surface area contributed by atoms with Gasteiger partial charge in [0.25, 0.3) is 0 Å².